The minimum absolute atomic E-state index is 0.436. The Morgan fingerprint density at radius 3 is 2.87 bits per heavy atom. The lowest BCUT2D eigenvalue weighted by molar-refractivity contribution is 0.313. The Balaban J connectivity index is 1.67. The van der Waals surface area contributed by atoms with Crippen LogP contribution in [0.2, 0.25) is 0 Å². The van der Waals surface area contributed by atoms with Gasteiger partial charge in [0.2, 0.25) is 0 Å². The highest BCUT2D eigenvalue weighted by Gasteiger charge is 2.32. The zero-order chi connectivity index (χ0) is 16.0. The van der Waals surface area contributed by atoms with E-state index in [1.54, 1.807) is 0 Å². The zero-order valence-electron chi connectivity index (χ0n) is 13.1. The van der Waals surface area contributed by atoms with Crippen LogP contribution in [-0.2, 0) is 23.0 Å². The van der Waals surface area contributed by atoms with Crippen LogP contribution in [-0.4, -0.2) is 26.9 Å². The molecule has 1 aliphatic heterocycles. The maximum atomic E-state index is 12.9. The molecule has 2 aromatic rings. The fourth-order valence-electron chi connectivity index (χ4n) is 3.26. The number of fused-ring (bicyclic) bond motifs is 1. The molecule has 23 heavy (non-hydrogen) atoms. The van der Waals surface area contributed by atoms with Crippen LogP contribution in [0.3, 0.4) is 0 Å². The minimum Gasteiger partial charge on any atom is -0.302 e. The van der Waals surface area contributed by atoms with Gasteiger partial charge in [-0.1, -0.05) is 12.1 Å². The Bertz CT molecular complexity index is 838. The van der Waals surface area contributed by atoms with Gasteiger partial charge >= 0.3 is 0 Å². The number of anilines is 1. The van der Waals surface area contributed by atoms with Crippen molar-refractivity contribution in [1.29, 1.82) is 0 Å². The van der Waals surface area contributed by atoms with E-state index in [2.05, 4.69) is 22.7 Å². The van der Waals surface area contributed by atoms with Gasteiger partial charge in [0.15, 0.2) is 0 Å². The molecule has 0 amide bonds. The smallest absolute Gasteiger partial charge is 0.271 e. The molecule has 1 fully saturated rings. The van der Waals surface area contributed by atoms with E-state index in [1.807, 2.05) is 23.6 Å². The minimum atomic E-state index is -3.50. The molecule has 0 atom stereocenters. The Hall–Kier alpha value is -1.37. The van der Waals surface area contributed by atoms with Crippen molar-refractivity contribution in [2.45, 2.75) is 35.9 Å². The van der Waals surface area contributed by atoms with Gasteiger partial charge in [-0.2, -0.15) is 0 Å². The summed E-state index contributed by atoms with van der Waals surface area (Å²) in [7, 11) is -1.41. The standard InChI is InChI=1S/C17H20N2O2S2/c1-19-9-7-14-13(11-19)3-2-4-16(14)18-23(20,21)17-15(8-10-22-17)12-5-6-12/h2-4,8,10,12,18H,5-7,9,11H2,1H3. The van der Waals surface area contributed by atoms with Crippen LogP contribution < -0.4 is 4.72 Å². The maximum absolute atomic E-state index is 12.9. The second-order valence-corrected chi connectivity index (χ2v) is 9.27. The average molecular weight is 348 g/mol. The molecule has 6 heteroatoms. The van der Waals surface area contributed by atoms with Gasteiger partial charge in [0.25, 0.3) is 10.0 Å². The molecule has 0 spiro atoms. The number of thiophene rings is 1. The SMILES string of the molecule is CN1CCc2c(cccc2NS(=O)(=O)c2sccc2C2CC2)C1. The predicted molar refractivity (Wildman–Crippen MR) is 93.6 cm³/mol. The van der Waals surface area contributed by atoms with Crippen molar-refractivity contribution >= 4 is 27.0 Å². The zero-order valence-corrected chi connectivity index (χ0v) is 14.7. The largest absolute Gasteiger partial charge is 0.302 e. The first-order valence-corrected chi connectivity index (χ1v) is 10.3. The van der Waals surface area contributed by atoms with Crippen molar-refractivity contribution in [2.75, 3.05) is 18.3 Å². The summed E-state index contributed by atoms with van der Waals surface area (Å²) in [5.41, 5.74) is 4.09. The number of benzene rings is 1. The molecule has 1 aliphatic carbocycles. The number of hydrogen-bond donors (Lipinski definition) is 1. The average Bonchev–Trinajstić information content (AvgIpc) is 3.23. The first-order chi connectivity index (χ1) is 11.0. The highest BCUT2D eigenvalue weighted by molar-refractivity contribution is 7.94. The molecule has 0 unspecified atom stereocenters. The number of sulfonamides is 1. The molecule has 4 rings (SSSR count). The maximum Gasteiger partial charge on any atom is 0.271 e. The second kappa shape index (κ2) is 5.61. The van der Waals surface area contributed by atoms with Gasteiger partial charge in [-0.25, -0.2) is 8.42 Å². The lowest BCUT2D eigenvalue weighted by Crippen LogP contribution is -2.27. The van der Waals surface area contributed by atoms with Crippen molar-refractivity contribution in [1.82, 2.24) is 4.90 Å². The van der Waals surface area contributed by atoms with Gasteiger partial charge in [0, 0.05) is 13.1 Å². The molecule has 2 aliphatic rings. The van der Waals surface area contributed by atoms with Gasteiger partial charge in [0.05, 0.1) is 5.69 Å². The number of likely N-dealkylation sites (N-methyl/N-ethyl adjacent to an activating group) is 1. The fraction of sp³-hybridized carbons (Fsp3) is 0.412. The quantitative estimate of drug-likeness (QED) is 0.921. The summed E-state index contributed by atoms with van der Waals surface area (Å²) in [5.74, 6) is 0.436. The lowest BCUT2D eigenvalue weighted by atomic mass is 9.98. The first kappa shape index (κ1) is 15.2. The van der Waals surface area contributed by atoms with Gasteiger partial charge in [0.1, 0.15) is 4.21 Å². The summed E-state index contributed by atoms with van der Waals surface area (Å²) in [5, 5.41) is 1.89. The normalized spacial score (nSPS) is 18.7. The summed E-state index contributed by atoms with van der Waals surface area (Å²) in [6, 6.07) is 7.87. The third-order valence-electron chi connectivity index (χ3n) is 4.62. The highest BCUT2D eigenvalue weighted by atomic mass is 32.2. The molecule has 0 bridgehead atoms. The molecule has 1 aromatic carbocycles. The monoisotopic (exact) mass is 348 g/mol. The van der Waals surface area contributed by atoms with Crippen molar-refractivity contribution < 1.29 is 8.42 Å². The summed E-state index contributed by atoms with van der Waals surface area (Å²) in [6.07, 6.45) is 3.09. The molecule has 1 N–H and O–H groups in total. The number of rotatable bonds is 4. The van der Waals surface area contributed by atoms with E-state index in [1.165, 1.54) is 16.9 Å². The van der Waals surface area contributed by atoms with E-state index in [0.29, 0.717) is 10.1 Å². The number of nitrogens with zero attached hydrogens (tertiary/aromatic N) is 1. The van der Waals surface area contributed by atoms with Crippen LogP contribution in [0.15, 0.2) is 33.9 Å². The van der Waals surface area contributed by atoms with Crippen LogP contribution in [0.5, 0.6) is 0 Å². The Morgan fingerprint density at radius 1 is 1.26 bits per heavy atom. The Kier molecular flexibility index (Phi) is 3.70. The molecule has 2 heterocycles. The third-order valence-corrected chi connectivity index (χ3v) is 7.50. The summed E-state index contributed by atoms with van der Waals surface area (Å²) in [4.78, 5) is 2.26. The molecule has 0 saturated heterocycles. The molecular weight excluding hydrogens is 328 g/mol. The molecule has 1 aromatic heterocycles. The van der Waals surface area contributed by atoms with Crippen molar-refractivity contribution in [2.24, 2.45) is 0 Å². The van der Waals surface area contributed by atoms with E-state index >= 15 is 0 Å². The number of hydrogen-bond acceptors (Lipinski definition) is 4. The van der Waals surface area contributed by atoms with Gasteiger partial charge < -0.3 is 4.90 Å². The van der Waals surface area contributed by atoms with Crippen molar-refractivity contribution in [3.63, 3.8) is 0 Å². The van der Waals surface area contributed by atoms with E-state index in [0.717, 1.165) is 49.2 Å². The second-order valence-electron chi connectivity index (χ2n) is 6.47. The van der Waals surface area contributed by atoms with Gasteiger partial charge in [-0.3, -0.25) is 4.72 Å². The van der Waals surface area contributed by atoms with Crippen molar-refractivity contribution in [3.8, 4) is 0 Å². The van der Waals surface area contributed by atoms with E-state index in [4.69, 9.17) is 0 Å². The predicted octanol–water partition coefficient (Wildman–Crippen LogP) is 3.41. The van der Waals surface area contributed by atoms with E-state index < -0.39 is 10.0 Å². The van der Waals surface area contributed by atoms with Gasteiger partial charge in [-0.15, -0.1) is 11.3 Å². The topological polar surface area (TPSA) is 49.4 Å². The van der Waals surface area contributed by atoms with Crippen LogP contribution in [0.1, 0.15) is 35.4 Å². The van der Waals surface area contributed by atoms with Crippen molar-refractivity contribution in [3.05, 3.63) is 46.3 Å². The molecule has 0 radical (unpaired) electrons. The Morgan fingerprint density at radius 2 is 2.09 bits per heavy atom. The summed E-state index contributed by atoms with van der Waals surface area (Å²) >= 11 is 1.32. The lowest BCUT2D eigenvalue weighted by Gasteiger charge is -2.26. The summed E-state index contributed by atoms with van der Waals surface area (Å²) < 4.78 is 29.1. The van der Waals surface area contributed by atoms with Gasteiger partial charge in [-0.05, 0) is 66.4 Å². The van der Waals surface area contributed by atoms with Crippen LogP contribution in [0.25, 0.3) is 0 Å². The summed E-state index contributed by atoms with van der Waals surface area (Å²) in [6.45, 7) is 1.83. The fourth-order valence-corrected chi connectivity index (χ4v) is 5.88. The number of nitrogens with one attached hydrogen (secondary N) is 1. The highest BCUT2D eigenvalue weighted by Crippen LogP contribution is 2.45. The van der Waals surface area contributed by atoms with Crippen LogP contribution >= 0.6 is 11.3 Å². The first-order valence-electron chi connectivity index (χ1n) is 7.94. The van der Waals surface area contributed by atoms with E-state index in [-0.39, 0.29) is 0 Å². The molecular formula is C17H20N2O2S2. The Labute approximate surface area is 141 Å². The van der Waals surface area contributed by atoms with Crippen LogP contribution in [0, 0.1) is 0 Å². The molecule has 122 valence electrons. The van der Waals surface area contributed by atoms with Crippen LogP contribution in [0.4, 0.5) is 5.69 Å². The third kappa shape index (κ3) is 2.91. The van der Waals surface area contributed by atoms with E-state index in [9.17, 15) is 8.42 Å². The molecule has 4 nitrogen and oxygen atoms in total. The molecule has 1 saturated carbocycles.